The van der Waals surface area contributed by atoms with Crippen LogP contribution in [0.2, 0.25) is 0 Å². The van der Waals surface area contributed by atoms with Gasteiger partial charge in [-0.25, -0.2) is 4.57 Å². The zero-order valence-corrected chi connectivity index (χ0v) is 56.0. The second kappa shape index (κ2) is 64.2. The van der Waals surface area contributed by atoms with Gasteiger partial charge < -0.3 is 18.9 Å². The number of ether oxygens (including phenoxy) is 2. The first kappa shape index (κ1) is 80.7. The largest absolute Gasteiger partial charge is 0.472 e. The Bertz CT molecular complexity index is 1790. The number of nitrogens with zero attached hydrogens (tertiary/aromatic N) is 1. The fourth-order valence-electron chi connectivity index (χ4n) is 9.57. The molecule has 0 saturated carbocycles. The van der Waals surface area contributed by atoms with Crippen LogP contribution in [0, 0.1) is 0 Å². The number of esters is 2. The third kappa shape index (κ3) is 67.8. The van der Waals surface area contributed by atoms with Gasteiger partial charge in [0.1, 0.15) is 19.8 Å². The lowest BCUT2D eigenvalue weighted by molar-refractivity contribution is -0.870. The number of likely N-dealkylation sites (N-methyl/N-ethyl adjacent to an activating group) is 1. The molecule has 10 heteroatoms. The molecule has 0 heterocycles. The van der Waals surface area contributed by atoms with Gasteiger partial charge in [-0.05, 0) is 96.3 Å². The van der Waals surface area contributed by atoms with Gasteiger partial charge >= 0.3 is 19.8 Å². The van der Waals surface area contributed by atoms with Crippen LogP contribution in [0.25, 0.3) is 0 Å². The lowest BCUT2D eigenvalue weighted by Crippen LogP contribution is -2.37. The average molecular weight is 1190 g/mol. The average Bonchev–Trinajstić information content (AvgIpc) is 3.61. The Morgan fingerprint density at radius 1 is 0.369 bits per heavy atom. The number of hydrogen-bond acceptors (Lipinski definition) is 7. The molecule has 0 aromatic carbocycles. The van der Waals surface area contributed by atoms with Crippen LogP contribution in [-0.4, -0.2) is 74.9 Å². The van der Waals surface area contributed by atoms with Gasteiger partial charge in [0.2, 0.25) is 0 Å². The molecule has 0 bridgehead atoms. The molecule has 0 spiro atoms. The van der Waals surface area contributed by atoms with Gasteiger partial charge in [0.05, 0.1) is 27.7 Å². The second-order valence-corrected chi connectivity index (χ2v) is 25.6. The SMILES string of the molecule is CC/C=C\C/C=C\C/C=C\C/C=C\C/C=C\CCCCCC(=O)OC(COC(=O)CCCCCCCCCCCCCCCCCCCCCCCCCCCCCC/C=C\C/C=C\C/C=C\C/C=C\CC)COP(=O)(O)OCC[N+](C)(C)C. The number of unbranched alkanes of at least 4 members (excludes halogenated alkanes) is 31. The van der Waals surface area contributed by atoms with Gasteiger partial charge in [-0.3, -0.25) is 18.6 Å². The fraction of sp³-hybridized carbons (Fsp3) is 0.730. The van der Waals surface area contributed by atoms with Crippen LogP contribution in [0.15, 0.2) is 109 Å². The highest BCUT2D eigenvalue weighted by molar-refractivity contribution is 7.47. The Labute approximate surface area is 518 Å². The highest BCUT2D eigenvalue weighted by atomic mass is 31.2. The van der Waals surface area contributed by atoms with E-state index in [1.165, 1.54) is 167 Å². The third-order valence-electron chi connectivity index (χ3n) is 14.8. The van der Waals surface area contributed by atoms with E-state index >= 15 is 0 Å². The Balaban J connectivity index is 3.92. The maximum absolute atomic E-state index is 12.8. The molecule has 484 valence electrons. The summed E-state index contributed by atoms with van der Waals surface area (Å²) < 4.78 is 34.6. The number of quaternary nitrogens is 1. The molecule has 2 atom stereocenters. The van der Waals surface area contributed by atoms with E-state index in [0.29, 0.717) is 17.4 Å². The van der Waals surface area contributed by atoms with Crippen LogP contribution in [0.4, 0.5) is 0 Å². The summed E-state index contributed by atoms with van der Waals surface area (Å²) in [5.74, 6) is -0.830. The summed E-state index contributed by atoms with van der Waals surface area (Å²) >= 11 is 0. The molecule has 0 amide bonds. The molecule has 1 N–H and O–H groups in total. The lowest BCUT2D eigenvalue weighted by atomic mass is 10.0. The Hall–Kier alpha value is -3.33. The first-order valence-corrected chi connectivity index (χ1v) is 36.1. The van der Waals surface area contributed by atoms with Gasteiger partial charge in [-0.2, -0.15) is 0 Å². The molecule has 0 saturated heterocycles. The van der Waals surface area contributed by atoms with Crippen molar-refractivity contribution in [1.29, 1.82) is 0 Å². The Morgan fingerprint density at radius 3 is 0.964 bits per heavy atom. The monoisotopic (exact) mass is 1190 g/mol. The van der Waals surface area contributed by atoms with Crippen LogP contribution < -0.4 is 0 Å². The van der Waals surface area contributed by atoms with Crippen molar-refractivity contribution in [2.24, 2.45) is 0 Å². The third-order valence-corrected chi connectivity index (χ3v) is 15.8. The van der Waals surface area contributed by atoms with E-state index in [4.69, 9.17) is 18.5 Å². The molecule has 0 radical (unpaired) electrons. The number of phosphoric ester groups is 1. The molecular formula is C74H131NO8P+. The molecule has 84 heavy (non-hydrogen) atoms. The molecule has 0 rings (SSSR count). The fourth-order valence-corrected chi connectivity index (χ4v) is 10.3. The summed E-state index contributed by atoms with van der Waals surface area (Å²) in [4.78, 5) is 35.8. The first-order valence-electron chi connectivity index (χ1n) is 34.6. The van der Waals surface area contributed by atoms with Crippen LogP contribution >= 0.6 is 7.82 Å². The Kier molecular flexibility index (Phi) is 61.6. The summed E-state index contributed by atoms with van der Waals surface area (Å²) in [6.07, 6.45) is 90.8. The molecule has 0 aromatic rings. The molecule has 9 nitrogen and oxygen atoms in total. The van der Waals surface area contributed by atoms with Crippen molar-refractivity contribution < 1.29 is 42.1 Å². The zero-order valence-electron chi connectivity index (χ0n) is 55.1. The van der Waals surface area contributed by atoms with Crippen molar-refractivity contribution in [2.75, 3.05) is 47.5 Å². The van der Waals surface area contributed by atoms with E-state index in [1.54, 1.807) is 0 Å². The minimum Gasteiger partial charge on any atom is -0.462 e. The molecule has 0 aliphatic carbocycles. The lowest BCUT2D eigenvalue weighted by Gasteiger charge is -2.24. The first-order chi connectivity index (χ1) is 41.0. The topological polar surface area (TPSA) is 108 Å². The number of carbonyl (C=O) groups is 2. The number of hydrogen-bond donors (Lipinski definition) is 1. The van der Waals surface area contributed by atoms with Gasteiger partial charge in [-0.15, -0.1) is 0 Å². The molecule has 0 fully saturated rings. The zero-order chi connectivity index (χ0) is 61.2. The van der Waals surface area contributed by atoms with Crippen molar-refractivity contribution in [3.8, 4) is 0 Å². The summed E-state index contributed by atoms with van der Waals surface area (Å²) in [6, 6.07) is 0. The van der Waals surface area contributed by atoms with Gasteiger partial charge in [-0.1, -0.05) is 297 Å². The van der Waals surface area contributed by atoms with E-state index in [2.05, 4.69) is 123 Å². The molecule has 0 aliphatic rings. The van der Waals surface area contributed by atoms with E-state index < -0.39 is 26.5 Å². The summed E-state index contributed by atoms with van der Waals surface area (Å²) in [5.41, 5.74) is 0. The second-order valence-electron chi connectivity index (χ2n) is 24.2. The van der Waals surface area contributed by atoms with Crippen LogP contribution in [0.5, 0.6) is 0 Å². The standard InChI is InChI=1S/C74H130NO8P/c1-6-8-10-12-14-16-18-20-22-24-26-27-28-29-30-31-32-33-34-35-36-37-38-39-40-41-42-43-44-45-46-47-49-50-52-54-56-58-60-62-64-66-73(76)80-70-72(71-82-84(78,79)81-69-68-75(3,4)5)83-74(77)67-65-63-61-59-57-55-53-51-48-25-23-21-19-17-15-13-11-9-7-2/h8-11,14-17,20-23,26-27,48,51,55,57,72H,6-7,12-13,18-19,24-25,28-47,49-50,52-54,56,58-71H2,1-5H3/p+1/b10-8-,11-9-,16-14-,17-15-,22-20-,23-21-,27-26-,51-48-,57-55-. The maximum Gasteiger partial charge on any atom is 0.472 e. The maximum atomic E-state index is 12.8. The van der Waals surface area contributed by atoms with Crippen LogP contribution in [-0.2, 0) is 32.7 Å². The number of carbonyl (C=O) groups excluding carboxylic acids is 2. The van der Waals surface area contributed by atoms with E-state index in [9.17, 15) is 19.0 Å². The van der Waals surface area contributed by atoms with E-state index in [1.807, 2.05) is 21.1 Å². The predicted molar refractivity (Wildman–Crippen MR) is 362 cm³/mol. The number of rotatable bonds is 63. The van der Waals surface area contributed by atoms with Crippen molar-refractivity contribution in [1.82, 2.24) is 0 Å². The minimum atomic E-state index is -4.40. The predicted octanol–water partition coefficient (Wildman–Crippen LogP) is 22.5. The normalized spacial score (nSPS) is 13.8. The van der Waals surface area contributed by atoms with Gasteiger partial charge in [0, 0.05) is 12.8 Å². The van der Waals surface area contributed by atoms with Gasteiger partial charge in [0.25, 0.3) is 0 Å². The number of allylic oxidation sites excluding steroid dienone is 18. The molecule has 0 aliphatic heterocycles. The van der Waals surface area contributed by atoms with Crippen molar-refractivity contribution in [3.05, 3.63) is 109 Å². The van der Waals surface area contributed by atoms with E-state index in [-0.39, 0.29) is 32.0 Å². The Morgan fingerprint density at radius 2 is 0.643 bits per heavy atom. The summed E-state index contributed by atoms with van der Waals surface area (Å²) in [5, 5.41) is 0. The summed E-state index contributed by atoms with van der Waals surface area (Å²) in [7, 11) is 1.45. The van der Waals surface area contributed by atoms with Gasteiger partial charge in [0.15, 0.2) is 6.10 Å². The highest BCUT2D eigenvalue weighted by Crippen LogP contribution is 2.43. The molecule has 0 aromatic heterocycles. The molecule has 2 unspecified atom stereocenters. The van der Waals surface area contributed by atoms with Crippen LogP contribution in [0.1, 0.15) is 296 Å². The van der Waals surface area contributed by atoms with Crippen molar-refractivity contribution in [3.63, 3.8) is 0 Å². The number of phosphoric acid groups is 1. The van der Waals surface area contributed by atoms with Crippen LogP contribution in [0.3, 0.4) is 0 Å². The van der Waals surface area contributed by atoms with E-state index in [0.717, 1.165) is 96.3 Å². The summed E-state index contributed by atoms with van der Waals surface area (Å²) in [6.45, 7) is 4.18. The van der Waals surface area contributed by atoms with Crippen molar-refractivity contribution in [2.45, 2.75) is 302 Å². The highest BCUT2D eigenvalue weighted by Gasteiger charge is 2.27. The molecular weight excluding hydrogens is 1060 g/mol. The quantitative estimate of drug-likeness (QED) is 0.0211. The van der Waals surface area contributed by atoms with Crippen molar-refractivity contribution >= 4 is 19.8 Å². The smallest absolute Gasteiger partial charge is 0.462 e. The minimum absolute atomic E-state index is 0.0220.